The molecule has 2 aromatic carbocycles. The van der Waals surface area contributed by atoms with Gasteiger partial charge in [-0.25, -0.2) is 0 Å². The van der Waals surface area contributed by atoms with Crippen LogP contribution in [0, 0.1) is 48.7 Å². The fourth-order valence-electron chi connectivity index (χ4n) is 4.11. The summed E-state index contributed by atoms with van der Waals surface area (Å²) in [4.78, 5) is 5.01. The Morgan fingerprint density at radius 2 is 1.00 bits per heavy atom. The number of aryl methyl sites for hydroxylation is 5. The third-order valence-electron chi connectivity index (χ3n) is 5.94. The molecule has 3 rings (SSSR count). The van der Waals surface area contributed by atoms with Gasteiger partial charge in [-0.2, -0.15) is 0 Å². The van der Waals surface area contributed by atoms with Crippen molar-refractivity contribution in [2.24, 2.45) is 0 Å². The summed E-state index contributed by atoms with van der Waals surface area (Å²) in [7, 11) is 18.2. The molecular formula is C28H33Cl2FeN3. The Morgan fingerprint density at radius 1 is 0.706 bits per heavy atom. The van der Waals surface area contributed by atoms with E-state index in [1.165, 1.54) is 22.3 Å². The summed E-state index contributed by atoms with van der Waals surface area (Å²) >= 11 is 0.194. The Hall–Kier alpha value is -2.23. The molecule has 0 atom stereocenters. The van der Waals surface area contributed by atoms with Gasteiger partial charge in [-0.1, -0.05) is 36.4 Å². The van der Waals surface area contributed by atoms with Crippen LogP contribution in [0.2, 0.25) is 0 Å². The van der Waals surface area contributed by atoms with Crippen molar-refractivity contribution in [1.29, 1.82) is 0 Å². The van der Waals surface area contributed by atoms with Gasteiger partial charge in [-0.3, -0.25) is 4.98 Å². The standard InChI is InChI=1S/C28H33N3.2ClH.Fe/c1-18-16-25(23(6)30(8)27-19(2)12-10-13-20(27)3)29-26(17-18)24(7)31(9)28-21(4)14-11-15-22(28)5;;;/h10-17H,8-9H2,1-7H3;2*1H;/q;;;+2/p-2. The number of benzene rings is 2. The van der Waals surface area contributed by atoms with Crippen LogP contribution >= 0.6 is 20.2 Å². The van der Waals surface area contributed by atoms with E-state index in [1.54, 1.807) is 0 Å². The second-order valence-electron chi connectivity index (χ2n) is 8.47. The van der Waals surface area contributed by atoms with E-state index in [0.717, 1.165) is 39.7 Å². The van der Waals surface area contributed by atoms with E-state index in [0.29, 0.717) is 0 Å². The van der Waals surface area contributed by atoms with Crippen molar-refractivity contribution >= 4 is 43.0 Å². The molecule has 3 aromatic rings. The molecule has 0 aliphatic rings. The van der Waals surface area contributed by atoms with E-state index in [4.69, 9.17) is 25.2 Å². The van der Waals surface area contributed by atoms with Gasteiger partial charge in [0, 0.05) is 14.1 Å². The van der Waals surface area contributed by atoms with Gasteiger partial charge in [0.1, 0.15) is 22.8 Å². The monoisotopic (exact) mass is 537 g/mol. The molecule has 1 aromatic heterocycles. The SMILES string of the molecule is [CH2-][N+](=C(C)c1cc(C)cc(C(C)=[N+]([CH2-])c2c(C)cccc2C)n1)c1c(C)cccc1C.[Cl][Fe][Cl]. The predicted octanol–water partition coefficient (Wildman–Crippen LogP) is 7.89. The van der Waals surface area contributed by atoms with Crippen molar-refractivity contribution in [3.05, 3.63) is 102 Å². The first-order chi connectivity index (χ1) is 16.0. The van der Waals surface area contributed by atoms with Gasteiger partial charge in [0.05, 0.1) is 11.4 Å². The first-order valence-electron chi connectivity index (χ1n) is 10.9. The van der Waals surface area contributed by atoms with E-state index in [1.807, 2.05) is 9.15 Å². The van der Waals surface area contributed by atoms with Gasteiger partial charge >= 0.3 is 33.3 Å². The molecule has 3 nitrogen and oxygen atoms in total. The summed E-state index contributed by atoms with van der Waals surface area (Å²) in [5.74, 6) is 0. The Kier molecular flexibility index (Phi) is 10.3. The van der Waals surface area contributed by atoms with E-state index >= 15 is 0 Å². The Balaban J connectivity index is 0.00000129. The molecule has 0 saturated carbocycles. The van der Waals surface area contributed by atoms with Crippen molar-refractivity contribution in [3.8, 4) is 0 Å². The average Bonchev–Trinajstić information content (AvgIpc) is 2.77. The van der Waals surface area contributed by atoms with Gasteiger partial charge in [-0.15, -0.1) is 0 Å². The average molecular weight is 538 g/mol. The molecule has 0 amide bonds. The number of hydrogen-bond donors (Lipinski definition) is 0. The molecule has 0 saturated heterocycles. The zero-order valence-electron chi connectivity index (χ0n) is 21.0. The van der Waals surface area contributed by atoms with Crippen LogP contribution in [0.15, 0.2) is 48.5 Å². The molecule has 6 heteroatoms. The zero-order valence-corrected chi connectivity index (χ0v) is 23.6. The second-order valence-corrected chi connectivity index (χ2v) is 10.3. The molecular weight excluding hydrogens is 505 g/mol. The van der Waals surface area contributed by atoms with Gasteiger partial charge < -0.3 is 9.15 Å². The summed E-state index contributed by atoms with van der Waals surface area (Å²) in [5, 5.41) is 0. The van der Waals surface area contributed by atoms with E-state index in [2.05, 4.69) is 111 Å². The minimum atomic E-state index is 0.194. The first-order valence-corrected chi connectivity index (χ1v) is 13.9. The molecule has 34 heavy (non-hydrogen) atoms. The maximum atomic E-state index is 5.01. The number of pyridine rings is 1. The summed E-state index contributed by atoms with van der Waals surface area (Å²) in [6.07, 6.45) is 0. The topological polar surface area (TPSA) is 18.9 Å². The fourth-order valence-corrected chi connectivity index (χ4v) is 4.11. The second kappa shape index (κ2) is 12.5. The van der Waals surface area contributed by atoms with Crippen LogP contribution in [0.5, 0.6) is 0 Å². The number of aromatic nitrogens is 1. The number of para-hydroxylation sites is 2. The number of hydrogen-bond acceptors (Lipinski definition) is 1. The fraction of sp³-hybridized carbons (Fsp3) is 0.250. The van der Waals surface area contributed by atoms with Crippen LogP contribution < -0.4 is 0 Å². The van der Waals surface area contributed by atoms with Crippen molar-refractivity contribution in [2.45, 2.75) is 48.5 Å². The molecule has 0 radical (unpaired) electrons. The van der Waals surface area contributed by atoms with Crippen LogP contribution in [0.25, 0.3) is 0 Å². The van der Waals surface area contributed by atoms with Crippen molar-refractivity contribution in [3.63, 3.8) is 0 Å². The van der Waals surface area contributed by atoms with Crippen LogP contribution in [-0.4, -0.2) is 25.6 Å². The van der Waals surface area contributed by atoms with Gasteiger partial charge in [0.2, 0.25) is 0 Å². The number of rotatable bonds is 4. The van der Waals surface area contributed by atoms with Crippen LogP contribution in [0.4, 0.5) is 11.4 Å². The molecule has 0 spiro atoms. The molecule has 0 aliphatic carbocycles. The quantitative estimate of drug-likeness (QED) is 0.143. The molecule has 0 fully saturated rings. The van der Waals surface area contributed by atoms with Crippen LogP contribution in [0.3, 0.4) is 0 Å². The van der Waals surface area contributed by atoms with E-state index < -0.39 is 0 Å². The summed E-state index contributed by atoms with van der Waals surface area (Å²) in [5.41, 5.74) is 12.1. The molecule has 1 heterocycles. The van der Waals surface area contributed by atoms with Gasteiger partial charge in [0.15, 0.2) is 0 Å². The Bertz CT molecular complexity index is 1110. The normalized spacial score (nSPS) is 12.5. The van der Waals surface area contributed by atoms with E-state index in [-0.39, 0.29) is 13.1 Å². The van der Waals surface area contributed by atoms with Crippen molar-refractivity contribution < 1.29 is 22.3 Å². The Labute approximate surface area is 219 Å². The van der Waals surface area contributed by atoms with Crippen LogP contribution in [0.1, 0.15) is 53.1 Å². The molecule has 0 N–H and O–H groups in total. The van der Waals surface area contributed by atoms with E-state index in [9.17, 15) is 0 Å². The molecule has 182 valence electrons. The van der Waals surface area contributed by atoms with Crippen molar-refractivity contribution in [2.75, 3.05) is 0 Å². The van der Waals surface area contributed by atoms with Gasteiger partial charge in [-0.05, 0) is 88.4 Å². The minimum absolute atomic E-state index is 0.194. The third-order valence-corrected chi connectivity index (χ3v) is 5.94. The molecule has 0 unspecified atom stereocenters. The summed E-state index contributed by atoms with van der Waals surface area (Å²) < 4.78 is 4.00. The summed E-state index contributed by atoms with van der Waals surface area (Å²) in [6, 6.07) is 16.9. The number of nitrogens with zero attached hydrogens (tertiary/aromatic N) is 3. The van der Waals surface area contributed by atoms with Gasteiger partial charge in [0.25, 0.3) is 0 Å². The third kappa shape index (κ3) is 6.46. The zero-order chi connectivity index (χ0) is 25.6. The summed E-state index contributed by atoms with van der Waals surface area (Å²) in [6.45, 7) is 14.7. The molecule has 0 aliphatic heterocycles. The molecule has 0 bridgehead atoms. The first kappa shape index (κ1) is 28.0. The van der Waals surface area contributed by atoms with Crippen molar-refractivity contribution in [1.82, 2.24) is 4.98 Å². The number of halogens is 2. The predicted molar refractivity (Wildman–Crippen MR) is 143 cm³/mol. The Morgan fingerprint density at radius 3 is 1.29 bits per heavy atom. The maximum absolute atomic E-state index is 5.01. The van der Waals surface area contributed by atoms with Crippen LogP contribution in [-0.2, 0) is 13.1 Å².